The van der Waals surface area contributed by atoms with Gasteiger partial charge in [-0.25, -0.2) is 9.37 Å². The number of fused-ring (bicyclic) bond motifs is 3. The minimum Gasteiger partial charge on any atom is -0.496 e. The van der Waals surface area contributed by atoms with Crippen molar-refractivity contribution in [2.75, 3.05) is 7.11 Å². The fourth-order valence-electron chi connectivity index (χ4n) is 2.17. The molecule has 0 saturated carbocycles. The lowest BCUT2D eigenvalue weighted by molar-refractivity contribution is 0.321. The summed E-state index contributed by atoms with van der Waals surface area (Å²) in [4.78, 5) is 8.51. The molecule has 1 aromatic carbocycles. The van der Waals surface area contributed by atoms with Gasteiger partial charge in [-0.1, -0.05) is 11.2 Å². The Morgan fingerprint density at radius 3 is 2.95 bits per heavy atom. The monoisotopic (exact) mass is 271 g/mol. The van der Waals surface area contributed by atoms with Gasteiger partial charge in [0.05, 0.1) is 29.9 Å². The highest BCUT2D eigenvalue weighted by atomic mass is 19.1. The second-order valence-electron chi connectivity index (χ2n) is 4.15. The fraction of sp³-hybridized carbons (Fsp3) is 0.0714. The molecule has 0 unspecified atom stereocenters. The van der Waals surface area contributed by atoms with Crippen molar-refractivity contribution in [2.24, 2.45) is 5.16 Å². The zero-order valence-corrected chi connectivity index (χ0v) is 10.5. The molecule has 6 heteroatoms. The van der Waals surface area contributed by atoms with E-state index >= 15 is 0 Å². The Morgan fingerprint density at radius 2 is 2.20 bits per heavy atom. The maximum Gasteiger partial charge on any atom is 0.137 e. The summed E-state index contributed by atoms with van der Waals surface area (Å²) < 4.78 is 19.4. The molecule has 0 aliphatic rings. The summed E-state index contributed by atoms with van der Waals surface area (Å²) >= 11 is 0. The van der Waals surface area contributed by atoms with E-state index in [0.29, 0.717) is 27.9 Å². The van der Waals surface area contributed by atoms with Crippen LogP contribution in [0.1, 0.15) is 5.69 Å². The molecule has 2 aromatic heterocycles. The van der Waals surface area contributed by atoms with Crippen LogP contribution in [0.4, 0.5) is 4.39 Å². The van der Waals surface area contributed by atoms with Crippen molar-refractivity contribution >= 4 is 28.0 Å². The van der Waals surface area contributed by atoms with Crippen LogP contribution in [0.25, 0.3) is 21.8 Å². The van der Waals surface area contributed by atoms with Gasteiger partial charge in [0.25, 0.3) is 0 Å². The van der Waals surface area contributed by atoms with E-state index in [1.807, 2.05) is 0 Å². The van der Waals surface area contributed by atoms with Gasteiger partial charge in [0, 0.05) is 17.6 Å². The van der Waals surface area contributed by atoms with Crippen LogP contribution in [-0.2, 0) is 0 Å². The second kappa shape index (κ2) is 4.73. The average molecular weight is 271 g/mol. The van der Waals surface area contributed by atoms with Crippen molar-refractivity contribution in [1.82, 2.24) is 9.97 Å². The standard InChI is InChI=1S/C14H10FN3O2/c1-20-11-6-9(7-17-19)18-14-12(11)10(15)5-8-3-2-4-16-13(8)14/h2-7,19H,1H3. The maximum atomic E-state index is 14.3. The summed E-state index contributed by atoms with van der Waals surface area (Å²) in [5.74, 6) is -0.118. The molecule has 0 saturated heterocycles. The molecule has 0 radical (unpaired) electrons. The van der Waals surface area contributed by atoms with E-state index in [4.69, 9.17) is 9.94 Å². The van der Waals surface area contributed by atoms with Gasteiger partial charge >= 0.3 is 0 Å². The first kappa shape index (κ1) is 12.3. The van der Waals surface area contributed by atoms with Gasteiger partial charge < -0.3 is 9.94 Å². The molecule has 0 atom stereocenters. The molecular formula is C14H10FN3O2. The number of benzene rings is 1. The maximum absolute atomic E-state index is 14.3. The molecular weight excluding hydrogens is 261 g/mol. The summed E-state index contributed by atoms with van der Waals surface area (Å²) in [6.45, 7) is 0. The predicted molar refractivity (Wildman–Crippen MR) is 72.9 cm³/mol. The van der Waals surface area contributed by atoms with Crippen LogP contribution < -0.4 is 4.74 Å². The third kappa shape index (κ3) is 1.82. The zero-order valence-electron chi connectivity index (χ0n) is 10.5. The molecule has 3 aromatic rings. The van der Waals surface area contributed by atoms with E-state index in [-0.39, 0.29) is 5.39 Å². The highest BCUT2D eigenvalue weighted by molar-refractivity contribution is 6.06. The largest absolute Gasteiger partial charge is 0.496 e. The summed E-state index contributed by atoms with van der Waals surface area (Å²) in [6.07, 6.45) is 2.77. The van der Waals surface area contributed by atoms with Crippen molar-refractivity contribution in [2.45, 2.75) is 0 Å². The van der Waals surface area contributed by atoms with E-state index in [2.05, 4.69) is 15.1 Å². The molecule has 2 heterocycles. The van der Waals surface area contributed by atoms with Gasteiger partial charge in [-0.2, -0.15) is 0 Å². The van der Waals surface area contributed by atoms with Gasteiger partial charge in [-0.05, 0) is 12.1 Å². The van der Waals surface area contributed by atoms with Crippen LogP contribution in [0.3, 0.4) is 0 Å². The molecule has 0 aliphatic carbocycles. The molecule has 20 heavy (non-hydrogen) atoms. The van der Waals surface area contributed by atoms with E-state index in [9.17, 15) is 4.39 Å². The van der Waals surface area contributed by atoms with Gasteiger partial charge in [-0.3, -0.25) is 4.98 Å². The van der Waals surface area contributed by atoms with Gasteiger partial charge in [0.2, 0.25) is 0 Å². The van der Waals surface area contributed by atoms with Crippen LogP contribution >= 0.6 is 0 Å². The van der Waals surface area contributed by atoms with E-state index in [1.165, 1.54) is 19.2 Å². The lowest BCUT2D eigenvalue weighted by Gasteiger charge is -2.09. The van der Waals surface area contributed by atoms with Crippen molar-refractivity contribution in [3.05, 3.63) is 42.0 Å². The first-order valence-corrected chi connectivity index (χ1v) is 5.84. The fourth-order valence-corrected chi connectivity index (χ4v) is 2.17. The van der Waals surface area contributed by atoms with Crippen LogP contribution in [0.2, 0.25) is 0 Å². The van der Waals surface area contributed by atoms with Crippen LogP contribution in [-0.4, -0.2) is 28.5 Å². The number of aromatic nitrogens is 2. The Labute approximate surface area is 113 Å². The number of ether oxygens (including phenoxy) is 1. The molecule has 3 rings (SSSR count). The number of nitrogens with zero attached hydrogens (tertiary/aromatic N) is 3. The van der Waals surface area contributed by atoms with Gasteiger partial charge in [0.1, 0.15) is 17.1 Å². The number of rotatable bonds is 2. The van der Waals surface area contributed by atoms with E-state index < -0.39 is 5.82 Å². The van der Waals surface area contributed by atoms with Crippen molar-refractivity contribution < 1.29 is 14.3 Å². The lowest BCUT2D eigenvalue weighted by atomic mass is 10.1. The topological polar surface area (TPSA) is 67.6 Å². The summed E-state index contributed by atoms with van der Waals surface area (Å²) in [5.41, 5.74) is 1.29. The summed E-state index contributed by atoms with van der Waals surface area (Å²) in [6, 6.07) is 6.38. The number of halogens is 1. The number of pyridine rings is 2. The van der Waals surface area contributed by atoms with Gasteiger partial charge in [-0.15, -0.1) is 0 Å². The molecule has 100 valence electrons. The Kier molecular flexibility index (Phi) is 2.90. The molecule has 0 amide bonds. The quantitative estimate of drug-likeness (QED) is 0.337. The summed E-state index contributed by atoms with van der Waals surface area (Å²) in [7, 11) is 1.44. The highest BCUT2D eigenvalue weighted by Gasteiger charge is 2.14. The summed E-state index contributed by atoms with van der Waals surface area (Å²) in [5, 5.41) is 12.5. The first-order chi connectivity index (χ1) is 9.74. The normalized spacial score (nSPS) is 11.5. The number of oxime groups is 1. The SMILES string of the molecule is COc1cc(C=NO)nc2c1c(F)cc1cccnc12. The number of hydrogen-bond acceptors (Lipinski definition) is 5. The third-order valence-electron chi connectivity index (χ3n) is 3.00. The van der Waals surface area contributed by atoms with Crippen molar-refractivity contribution in [1.29, 1.82) is 0 Å². The Hall–Kier alpha value is -2.76. The molecule has 0 fully saturated rings. The number of methoxy groups -OCH3 is 1. The average Bonchev–Trinajstić information content (AvgIpc) is 2.47. The van der Waals surface area contributed by atoms with E-state index in [1.54, 1.807) is 18.3 Å². The smallest absolute Gasteiger partial charge is 0.137 e. The minimum absolute atomic E-state index is 0.258. The third-order valence-corrected chi connectivity index (χ3v) is 3.00. The Balaban J connectivity index is 2.52. The van der Waals surface area contributed by atoms with Crippen LogP contribution in [0, 0.1) is 5.82 Å². The highest BCUT2D eigenvalue weighted by Crippen LogP contribution is 2.32. The van der Waals surface area contributed by atoms with Crippen LogP contribution in [0.15, 0.2) is 35.6 Å². The molecule has 0 bridgehead atoms. The van der Waals surface area contributed by atoms with Crippen molar-refractivity contribution in [3.8, 4) is 5.75 Å². The Morgan fingerprint density at radius 1 is 1.35 bits per heavy atom. The molecule has 0 aliphatic heterocycles. The van der Waals surface area contributed by atoms with Gasteiger partial charge in [0.15, 0.2) is 0 Å². The van der Waals surface area contributed by atoms with Crippen molar-refractivity contribution in [3.63, 3.8) is 0 Å². The lowest BCUT2D eigenvalue weighted by Crippen LogP contribution is -1.97. The molecule has 0 spiro atoms. The Bertz CT molecular complexity index is 833. The molecule has 5 nitrogen and oxygen atoms in total. The van der Waals surface area contributed by atoms with Crippen LogP contribution in [0.5, 0.6) is 5.75 Å². The minimum atomic E-state index is -0.433. The first-order valence-electron chi connectivity index (χ1n) is 5.84. The number of hydrogen-bond donors (Lipinski definition) is 1. The second-order valence-corrected chi connectivity index (χ2v) is 4.15. The molecule has 1 N–H and O–H groups in total. The van der Waals surface area contributed by atoms with E-state index in [0.717, 1.165) is 6.21 Å². The zero-order chi connectivity index (χ0) is 14.1. The predicted octanol–water partition coefficient (Wildman–Crippen LogP) is 2.74.